The molecule has 4 aromatic rings. The third-order valence-corrected chi connectivity index (χ3v) is 5.83. The zero-order valence-electron chi connectivity index (χ0n) is 17.5. The van der Waals surface area contributed by atoms with Crippen LogP contribution >= 0.6 is 0 Å². The van der Waals surface area contributed by atoms with E-state index >= 15 is 0 Å². The van der Waals surface area contributed by atoms with Crippen LogP contribution in [0.4, 0.5) is 5.69 Å². The predicted octanol–water partition coefficient (Wildman–Crippen LogP) is 6.43. The van der Waals surface area contributed by atoms with Crippen molar-refractivity contribution in [2.45, 2.75) is 19.6 Å². The number of carbonyl (C=O) groups excluding carboxylic acids is 1. The van der Waals surface area contributed by atoms with Crippen LogP contribution in [0.2, 0.25) is 0 Å². The van der Waals surface area contributed by atoms with E-state index in [1.54, 1.807) is 0 Å². The molecular formula is C28H24N2O. The van der Waals surface area contributed by atoms with E-state index in [0.717, 1.165) is 22.4 Å². The summed E-state index contributed by atoms with van der Waals surface area (Å²) in [5.41, 5.74) is 7.34. The van der Waals surface area contributed by atoms with Crippen LogP contribution in [0.1, 0.15) is 33.2 Å². The van der Waals surface area contributed by atoms with Gasteiger partial charge in [-0.1, -0.05) is 96.6 Å². The molecule has 0 bridgehead atoms. The van der Waals surface area contributed by atoms with Crippen molar-refractivity contribution in [3.05, 3.63) is 125 Å². The second-order valence-corrected chi connectivity index (χ2v) is 8.00. The number of fused-ring (bicyclic) bond motifs is 1. The van der Waals surface area contributed by atoms with E-state index in [9.17, 15) is 4.79 Å². The van der Waals surface area contributed by atoms with E-state index in [1.807, 2.05) is 47.4 Å². The fraction of sp³-hybridized carbons (Fsp3) is 0.107. The van der Waals surface area contributed by atoms with E-state index in [2.05, 4.69) is 72.9 Å². The highest BCUT2D eigenvalue weighted by Gasteiger charge is 2.32. The molecule has 0 spiro atoms. The van der Waals surface area contributed by atoms with Crippen LogP contribution in [-0.2, 0) is 6.54 Å². The van der Waals surface area contributed by atoms with Gasteiger partial charge in [-0.3, -0.25) is 4.79 Å². The first-order chi connectivity index (χ1) is 15.2. The van der Waals surface area contributed by atoms with Gasteiger partial charge in [0.1, 0.15) is 6.17 Å². The Hall–Kier alpha value is -3.85. The van der Waals surface area contributed by atoms with Gasteiger partial charge in [0.25, 0.3) is 5.91 Å². The Morgan fingerprint density at radius 1 is 0.742 bits per heavy atom. The van der Waals surface area contributed by atoms with Crippen LogP contribution in [0, 0.1) is 6.92 Å². The van der Waals surface area contributed by atoms with E-state index in [0.29, 0.717) is 12.1 Å². The van der Waals surface area contributed by atoms with Crippen LogP contribution in [-0.4, -0.2) is 10.8 Å². The zero-order valence-corrected chi connectivity index (χ0v) is 17.5. The maximum absolute atomic E-state index is 13.4. The number of benzene rings is 4. The lowest BCUT2D eigenvalue weighted by atomic mass is 9.99. The number of anilines is 1. The highest BCUT2D eigenvalue weighted by atomic mass is 16.2. The molecule has 1 amide bonds. The summed E-state index contributed by atoms with van der Waals surface area (Å²) in [5, 5.41) is 3.59. The fourth-order valence-corrected chi connectivity index (χ4v) is 4.10. The summed E-state index contributed by atoms with van der Waals surface area (Å²) in [4.78, 5) is 15.4. The van der Waals surface area contributed by atoms with Gasteiger partial charge in [-0.25, -0.2) is 0 Å². The van der Waals surface area contributed by atoms with Crippen LogP contribution < -0.4 is 5.32 Å². The molecule has 0 saturated carbocycles. The molecule has 3 nitrogen and oxygen atoms in total. The first kappa shape index (κ1) is 19.1. The summed E-state index contributed by atoms with van der Waals surface area (Å²) in [6.07, 6.45) is -0.228. The molecule has 0 unspecified atom stereocenters. The summed E-state index contributed by atoms with van der Waals surface area (Å²) >= 11 is 0. The third-order valence-electron chi connectivity index (χ3n) is 5.83. The van der Waals surface area contributed by atoms with Crippen molar-refractivity contribution in [2.75, 3.05) is 5.32 Å². The minimum atomic E-state index is -0.228. The van der Waals surface area contributed by atoms with Gasteiger partial charge in [-0.05, 0) is 41.3 Å². The lowest BCUT2D eigenvalue weighted by Crippen LogP contribution is -2.42. The van der Waals surface area contributed by atoms with Crippen LogP contribution in [0.3, 0.4) is 0 Å². The quantitative estimate of drug-likeness (QED) is 0.425. The summed E-state index contributed by atoms with van der Waals surface area (Å²) in [7, 11) is 0. The first-order valence-electron chi connectivity index (χ1n) is 10.6. The monoisotopic (exact) mass is 404 g/mol. The first-order valence-corrected chi connectivity index (χ1v) is 10.6. The van der Waals surface area contributed by atoms with Gasteiger partial charge >= 0.3 is 0 Å². The van der Waals surface area contributed by atoms with Crippen LogP contribution in [0.25, 0.3) is 11.1 Å². The van der Waals surface area contributed by atoms with Crippen molar-refractivity contribution in [2.24, 2.45) is 0 Å². The SMILES string of the molecule is Cc1ccc(CN2C(=O)c3ccccc3N[C@@H]2c2ccc(-c3ccccc3)cc2)cc1. The van der Waals surface area contributed by atoms with Gasteiger partial charge in [0, 0.05) is 12.2 Å². The second-order valence-electron chi connectivity index (χ2n) is 8.00. The molecule has 1 aliphatic rings. The third kappa shape index (κ3) is 3.82. The molecule has 5 rings (SSSR count). The van der Waals surface area contributed by atoms with Crippen molar-refractivity contribution in [3.8, 4) is 11.1 Å². The molecule has 1 atom stereocenters. The Morgan fingerprint density at radius 3 is 2.13 bits per heavy atom. The minimum Gasteiger partial charge on any atom is -0.361 e. The average Bonchev–Trinajstić information content (AvgIpc) is 2.83. The van der Waals surface area contributed by atoms with Gasteiger partial charge in [0.15, 0.2) is 0 Å². The maximum atomic E-state index is 13.4. The largest absolute Gasteiger partial charge is 0.361 e. The molecule has 0 saturated heterocycles. The van der Waals surface area contributed by atoms with E-state index in [1.165, 1.54) is 11.1 Å². The van der Waals surface area contributed by atoms with Crippen LogP contribution in [0.15, 0.2) is 103 Å². The lowest BCUT2D eigenvalue weighted by molar-refractivity contribution is 0.0666. The van der Waals surface area contributed by atoms with E-state index in [-0.39, 0.29) is 12.1 Å². The van der Waals surface area contributed by atoms with Gasteiger partial charge in [0.05, 0.1) is 5.56 Å². The van der Waals surface area contributed by atoms with Crippen molar-refractivity contribution >= 4 is 11.6 Å². The van der Waals surface area contributed by atoms with E-state index in [4.69, 9.17) is 0 Å². The number of nitrogens with one attached hydrogen (secondary N) is 1. The van der Waals surface area contributed by atoms with Gasteiger partial charge in [-0.2, -0.15) is 0 Å². The Kier molecular flexibility index (Phi) is 5.01. The number of carbonyl (C=O) groups is 1. The molecule has 3 heteroatoms. The molecule has 0 aromatic heterocycles. The number of nitrogens with zero attached hydrogens (tertiary/aromatic N) is 1. The number of para-hydroxylation sites is 1. The molecule has 1 heterocycles. The van der Waals surface area contributed by atoms with E-state index < -0.39 is 0 Å². The molecule has 152 valence electrons. The molecule has 0 fully saturated rings. The minimum absolute atomic E-state index is 0.0482. The predicted molar refractivity (Wildman–Crippen MR) is 126 cm³/mol. The Morgan fingerprint density at radius 2 is 1.39 bits per heavy atom. The van der Waals surface area contributed by atoms with Crippen molar-refractivity contribution in [1.29, 1.82) is 0 Å². The zero-order chi connectivity index (χ0) is 21.2. The highest BCUT2D eigenvalue weighted by Crippen LogP contribution is 2.35. The van der Waals surface area contributed by atoms with Gasteiger partial charge in [0.2, 0.25) is 0 Å². The number of hydrogen-bond acceptors (Lipinski definition) is 2. The van der Waals surface area contributed by atoms with Gasteiger partial charge in [-0.15, -0.1) is 0 Å². The number of rotatable bonds is 4. The standard InChI is InChI=1S/C28H24N2O/c1-20-11-13-21(14-12-20)19-30-27(29-26-10-6-5-9-25(26)28(30)31)24-17-15-23(16-18-24)22-7-3-2-4-8-22/h2-18,27,29H,19H2,1H3/t27-/m0/s1. The van der Waals surface area contributed by atoms with Crippen molar-refractivity contribution in [1.82, 2.24) is 4.90 Å². The smallest absolute Gasteiger partial charge is 0.258 e. The second kappa shape index (κ2) is 8.11. The Balaban J connectivity index is 1.51. The average molecular weight is 405 g/mol. The normalized spacial score (nSPS) is 15.3. The topological polar surface area (TPSA) is 32.3 Å². The summed E-state index contributed by atoms with van der Waals surface area (Å²) in [5.74, 6) is 0.0482. The fourth-order valence-electron chi connectivity index (χ4n) is 4.10. The number of hydrogen-bond donors (Lipinski definition) is 1. The molecule has 0 radical (unpaired) electrons. The Bertz CT molecular complexity index is 1200. The number of amides is 1. The summed E-state index contributed by atoms with van der Waals surface area (Å²) in [6.45, 7) is 2.62. The summed E-state index contributed by atoms with van der Waals surface area (Å²) in [6, 6.07) is 34.9. The highest BCUT2D eigenvalue weighted by molar-refractivity contribution is 6.01. The Labute approximate surface area is 183 Å². The summed E-state index contributed by atoms with van der Waals surface area (Å²) < 4.78 is 0. The molecule has 1 aliphatic heterocycles. The van der Waals surface area contributed by atoms with Crippen LogP contribution in [0.5, 0.6) is 0 Å². The van der Waals surface area contributed by atoms with Crippen molar-refractivity contribution < 1.29 is 4.79 Å². The molecule has 31 heavy (non-hydrogen) atoms. The molecule has 0 aliphatic carbocycles. The maximum Gasteiger partial charge on any atom is 0.258 e. The molecule has 4 aromatic carbocycles. The lowest BCUT2D eigenvalue weighted by Gasteiger charge is -2.38. The van der Waals surface area contributed by atoms with Crippen molar-refractivity contribution in [3.63, 3.8) is 0 Å². The van der Waals surface area contributed by atoms with Gasteiger partial charge < -0.3 is 10.2 Å². The molecular weight excluding hydrogens is 380 g/mol. The number of aryl methyl sites for hydroxylation is 1. The molecule has 1 N–H and O–H groups in total.